The number of amides is 1. The highest BCUT2D eigenvalue weighted by molar-refractivity contribution is 5.92. The topological polar surface area (TPSA) is 62.2 Å². The fourth-order valence-electron chi connectivity index (χ4n) is 8.06. The zero-order valence-electron chi connectivity index (χ0n) is 23.9. The van der Waals surface area contributed by atoms with E-state index in [9.17, 15) is 23.1 Å². The molecule has 9 heteroatoms. The fraction of sp³-hybridized carbons (Fsp3) is 0.531. The number of carbonyl (C=O) groups is 1. The maximum atomic E-state index is 13.8. The van der Waals surface area contributed by atoms with Crippen molar-refractivity contribution in [3.05, 3.63) is 64.7 Å². The monoisotopic (exact) mass is 570 g/mol. The number of halogens is 3. The number of aliphatic hydroxyl groups is 1. The maximum Gasteiger partial charge on any atom is 0.416 e. The lowest BCUT2D eigenvalue weighted by Crippen LogP contribution is -2.78. The van der Waals surface area contributed by atoms with Crippen molar-refractivity contribution in [2.24, 2.45) is 5.92 Å². The molecule has 6 nitrogen and oxygen atoms in total. The van der Waals surface area contributed by atoms with E-state index in [4.69, 9.17) is 9.47 Å². The molecule has 1 spiro atoms. The SMILES string of the molecule is COc1ccc2c3c1O[C@H]1[C@H](N(CC(C)C)C(=O)C=Cc4cccc(C(F)(F)F)c4)CC[C@@]4(O)[C@@H](C2)N(C)CC[C@]314. The van der Waals surface area contributed by atoms with Crippen molar-refractivity contribution < 1.29 is 32.5 Å². The van der Waals surface area contributed by atoms with Gasteiger partial charge in [0, 0.05) is 24.2 Å². The molecule has 1 amide bonds. The Bertz CT molecular complexity index is 1390. The lowest BCUT2D eigenvalue weighted by atomic mass is 9.48. The Kier molecular flexibility index (Phi) is 6.69. The van der Waals surface area contributed by atoms with Gasteiger partial charge in [-0.25, -0.2) is 0 Å². The van der Waals surface area contributed by atoms with Gasteiger partial charge in [0.25, 0.3) is 0 Å². The van der Waals surface area contributed by atoms with Gasteiger partial charge in [0.15, 0.2) is 11.5 Å². The summed E-state index contributed by atoms with van der Waals surface area (Å²) >= 11 is 0. The highest BCUT2D eigenvalue weighted by Crippen LogP contribution is 2.65. The standard InChI is InChI=1S/C32H37F3N2O4/c1-19(2)18-37(26(38)11-8-20-6-5-7-22(16-20)32(33,34)35)23-12-13-31(39)25-17-21-9-10-24(40-4)28-27(21)30(31,29(23)41-28)14-15-36(25)3/h5-11,16,19,23,25,29,39H,12-15,17-18H2,1-4H3/t23-,25-,29+,30+,31-/m1/s1. The number of ether oxygens (including phenoxy) is 2. The molecule has 220 valence electrons. The summed E-state index contributed by atoms with van der Waals surface area (Å²) in [6.45, 7) is 5.31. The van der Waals surface area contributed by atoms with Crippen LogP contribution in [0.1, 0.15) is 55.4 Å². The second kappa shape index (κ2) is 9.76. The van der Waals surface area contributed by atoms with Crippen molar-refractivity contribution in [3.63, 3.8) is 0 Å². The van der Waals surface area contributed by atoms with Crippen LogP contribution in [0.15, 0.2) is 42.5 Å². The molecule has 41 heavy (non-hydrogen) atoms. The highest BCUT2D eigenvalue weighted by atomic mass is 19.4. The molecule has 1 N–H and O–H groups in total. The van der Waals surface area contributed by atoms with Crippen LogP contribution in [0.2, 0.25) is 0 Å². The van der Waals surface area contributed by atoms with Crippen LogP contribution in [-0.2, 0) is 22.8 Å². The first-order chi connectivity index (χ1) is 19.4. The summed E-state index contributed by atoms with van der Waals surface area (Å²) in [4.78, 5) is 17.9. The van der Waals surface area contributed by atoms with Crippen molar-refractivity contribution >= 4 is 12.0 Å². The van der Waals surface area contributed by atoms with Crippen LogP contribution < -0.4 is 9.47 Å². The highest BCUT2D eigenvalue weighted by Gasteiger charge is 2.73. The predicted molar refractivity (Wildman–Crippen MR) is 149 cm³/mol. The molecule has 0 unspecified atom stereocenters. The van der Waals surface area contributed by atoms with E-state index < -0.39 is 28.9 Å². The van der Waals surface area contributed by atoms with Crippen LogP contribution in [0, 0.1) is 5.92 Å². The number of benzene rings is 2. The largest absolute Gasteiger partial charge is 0.493 e. The smallest absolute Gasteiger partial charge is 0.416 e. The van der Waals surface area contributed by atoms with E-state index >= 15 is 0 Å². The molecule has 2 bridgehead atoms. The molecular formula is C32H37F3N2O4. The molecule has 6 rings (SSSR count). The molecule has 2 aliphatic carbocycles. The quantitative estimate of drug-likeness (QED) is 0.492. The summed E-state index contributed by atoms with van der Waals surface area (Å²) in [5, 5.41) is 12.5. The molecule has 1 saturated carbocycles. The van der Waals surface area contributed by atoms with Crippen molar-refractivity contribution in [2.75, 3.05) is 27.2 Å². The van der Waals surface area contributed by atoms with Gasteiger partial charge in [-0.3, -0.25) is 4.79 Å². The number of likely N-dealkylation sites (tertiary alicyclic amines) is 1. The Hall–Kier alpha value is -3.04. The molecule has 4 aliphatic rings. The minimum absolute atomic E-state index is 0.0646. The van der Waals surface area contributed by atoms with Crippen LogP contribution in [0.3, 0.4) is 0 Å². The third-order valence-corrected chi connectivity index (χ3v) is 9.78. The van der Waals surface area contributed by atoms with Gasteiger partial charge < -0.3 is 24.4 Å². The first-order valence-corrected chi connectivity index (χ1v) is 14.4. The summed E-state index contributed by atoms with van der Waals surface area (Å²) in [7, 11) is 3.67. The van der Waals surface area contributed by atoms with E-state index in [2.05, 4.69) is 18.0 Å². The molecule has 2 fully saturated rings. The average Bonchev–Trinajstić information content (AvgIpc) is 3.28. The van der Waals surface area contributed by atoms with E-state index in [0.717, 1.165) is 36.2 Å². The second-order valence-corrected chi connectivity index (χ2v) is 12.5. The van der Waals surface area contributed by atoms with E-state index in [-0.39, 0.29) is 23.9 Å². The van der Waals surface area contributed by atoms with Crippen LogP contribution in [0.4, 0.5) is 13.2 Å². The van der Waals surface area contributed by atoms with Gasteiger partial charge in [0.05, 0.1) is 29.7 Å². The van der Waals surface area contributed by atoms with Crippen molar-refractivity contribution in [1.82, 2.24) is 9.80 Å². The minimum atomic E-state index is -4.46. The van der Waals surface area contributed by atoms with Crippen LogP contribution >= 0.6 is 0 Å². The van der Waals surface area contributed by atoms with Gasteiger partial charge in [0.1, 0.15) is 6.10 Å². The third kappa shape index (κ3) is 4.18. The van der Waals surface area contributed by atoms with Crippen molar-refractivity contribution in [3.8, 4) is 11.5 Å². The summed E-state index contributed by atoms with van der Waals surface area (Å²) in [6, 6.07) is 8.56. The summed E-state index contributed by atoms with van der Waals surface area (Å²) < 4.78 is 52.2. The van der Waals surface area contributed by atoms with E-state index in [1.807, 2.05) is 24.8 Å². The van der Waals surface area contributed by atoms with E-state index in [1.165, 1.54) is 18.2 Å². The average molecular weight is 571 g/mol. The van der Waals surface area contributed by atoms with Gasteiger partial charge in [-0.05, 0) is 80.6 Å². The van der Waals surface area contributed by atoms with Crippen LogP contribution in [0.25, 0.3) is 6.08 Å². The molecule has 5 atom stereocenters. The first kappa shape index (κ1) is 28.1. The lowest BCUT2D eigenvalue weighted by Gasteiger charge is -2.64. The molecule has 2 heterocycles. The van der Waals surface area contributed by atoms with Gasteiger partial charge in [-0.15, -0.1) is 0 Å². The van der Waals surface area contributed by atoms with Crippen LogP contribution in [-0.4, -0.2) is 71.8 Å². The van der Waals surface area contributed by atoms with Gasteiger partial charge >= 0.3 is 6.18 Å². The number of hydrogen-bond acceptors (Lipinski definition) is 5. The first-order valence-electron chi connectivity index (χ1n) is 14.4. The van der Waals surface area contributed by atoms with Crippen LogP contribution in [0.5, 0.6) is 11.5 Å². The molecule has 0 radical (unpaired) electrons. The van der Waals surface area contributed by atoms with Gasteiger partial charge in [-0.1, -0.05) is 32.0 Å². The Labute approximate surface area is 238 Å². The number of hydrogen-bond donors (Lipinski definition) is 1. The minimum Gasteiger partial charge on any atom is -0.493 e. The maximum absolute atomic E-state index is 13.8. The zero-order valence-corrected chi connectivity index (χ0v) is 23.9. The van der Waals surface area contributed by atoms with Gasteiger partial charge in [0.2, 0.25) is 5.91 Å². The molecule has 0 aromatic heterocycles. The fourth-order valence-corrected chi connectivity index (χ4v) is 8.06. The molecule has 2 aromatic carbocycles. The normalized spacial score (nSPS) is 30.3. The Balaban J connectivity index is 1.40. The Morgan fingerprint density at radius 1 is 1.27 bits per heavy atom. The number of carbonyl (C=O) groups excluding carboxylic acids is 1. The van der Waals surface area contributed by atoms with E-state index in [0.29, 0.717) is 42.9 Å². The Morgan fingerprint density at radius 3 is 2.76 bits per heavy atom. The lowest BCUT2D eigenvalue weighted by molar-refractivity contribution is -0.197. The van der Waals surface area contributed by atoms with Crippen molar-refractivity contribution in [2.45, 2.75) is 74.9 Å². The number of methoxy groups -OCH3 is 1. The number of nitrogens with zero attached hydrogens (tertiary/aromatic N) is 2. The summed E-state index contributed by atoms with van der Waals surface area (Å²) in [5.74, 6) is 1.15. The number of alkyl halides is 3. The molecule has 1 saturated heterocycles. The third-order valence-electron chi connectivity index (χ3n) is 9.78. The predicted octanol–water partition coefficient (Wildman–Crippen LogP) is 5.06. The van der Waals surface area contributed by atoms with Gasteiger partial charge in [-0.2, -0.15) is 13.2 Å². The molecule has 2 aliphatic heterocycles. The number of piperidine rings is 1. The second-order valence-electron chi connectivity index (χ2n) is 12.5. The number of rotatable bonds is 6. The summed E-state index contributed by atoms with van der Waals surface area (Å²) in [5.41, 5.74) is 0.00873. The van der Waals surface area contributed by atoms with Crippen molar-refractivity contribution in [1.29, 1.82) is 0 Å². The summed E-state index contributed by atoms with van der Waals surface area (Å²) in [6.07, 6.45) is 0.341. The molecule has 2 aromatic rings. The molecular weight excluding hydrogens is 533 g/mol. The zero-order chi connectivity index (χ0) is 29.3. The Morgan fingerprint density at radius 2 is 2.05 bits per heavy atom. The van der Waals surface area contributed by atoms with E-state index in [1.54, 1.807) is 13.2 Å². The number of likely N-dealkylation sites (N-methyl/N-ethyl adjacent to an activating group) is 1.